The minimum absolute atomic E-state index is 0.285. The molecule has 102 valence electrons. The van der Waals surface area contributed by atoms with Gasteiger partial charge in [-0.05, 0) is 30.9 Å². The molecular formula is C16H17N3O. The fourth-order valence-electron chi connectivity index (χ4n) is 2.34. The van der Waals surface area contributed by atoms with Gasteiger partial charge < -0.3 is 5.11 Å². The quantitative estimate of drug-likeness (QED) is 0.793. The summed E-state index contributed by atoms with van der Waals surface area (Å²) in [6.45, 7) is 4.12. The molecule has 4 heteroatoms. The Labute approximate surface area is 117 Å². The van der Waals surface area contributed by atoms with Crippen LogP contribution in [0, 0.1) is 0 Å². The predicted octanol–water partition coefficient (Wildman–Crippen LogP) is 3.09. The van der Waals surface area contributed by atoms with Gasteiger partial charge in [-0.25, -0.2) is 0 Å². The Kier molecular flexibility index (Phi) is 3.24. The van der Waals surface area contributed by atoms with E-state index in [4.69, 9.17) is 0 Å². The average Bonchev–Trinajstić information content (AvgIpc) is 2.96. The fourth-order valence-corrected chi connectivity index (χ4v) is 2.34. The van der Waals surface area contributed by atoms with Gasteiger partial charge in [-0.3, -0.25) is 9.67 Å². The van der Waals surface area contributed by atoms with E-state index in [0.29, 0.717) is 0 Å². The first-order valence-electron chi connectivity index (χ1n) is 6.71. The lowest BCUT2D eigenvalue weighted by atomic mass is 9.99. The van der Waals surface area contributed by atoms with Gasteiger partial charge in [0.25, 0.3) is 0 Å². The molecule has 1 aromatic carbocycles. The standard InChI is InChI=1S/C16H17N3O/c1-11(2)19-10-13(9-18-19)16(20)15-5-3-4-12-8-17-7-6-14(12)15/h3-11,16,20H,1-2H3. The van der Waals surface area contributed by atoms with Crippen LogP contribution in [0.1, 0.15) is 37.1 Å². The van der Waals surface area contributed by atoms with Crippen molar-refractivity contribution in [2.24, 2.45) is 0 Å². The number of fused-ring (bicyclic) bond motifs is 1. The number of rotatable bonds is 3. The van der Waals surface area contributed by atoms with E-state index >= 15 is 0 Å². The van der Waals surface area contributed by atoms with E-state index in [9.17, 15) is 5.11 Å². The molecule has 0 saturated heterocycles. The molecule has 1 N–H and O–H groups in total. The summed E-state index contributed by atoms with van der Waals surface area (Å²) >= 11 is 0. The summed E-state index contributed by atoms with van der Waals surface area (Å²) in [4.78, 5) is 4.12. The molecule has 3 rings (SSSR count). The molecule has 0 aliphatic carbocycles. The Balaban J connectivity index is 2.05. The maximum Gasteiger partial charge on any atom is 0.108 e. The number of aliphatic hydroxyl groups excluding tert-OH is 1. The van der Waals surface area contributed by atoms with E-state index in [1.54, 1.807) is 12.4 Å². The molecule has 0 radical (unpaired) electrons. The van der Waals surface area contributed by atoms with Crippen LogP contribution in [0.3, 0.4) is 0 Å². The highest BCUT2D eigenvalue weighted by Gasteiger charge is 2.15. The largest absolute Gasteiger partial charge is 0.384 e. The monoisotopic (exact) mass is 267 g/mol. The highest BCUT2D eigenvalue weighted by molar-refractivity contribution is 5.85. The summed E-state index contributed by atoms with van der Waals surface area (Å²) in [6, 6.07) is 8.10. The number of hydrogen-bond acceptors (Lipinski definition) is 3. The molecule has 0 amide bonds. The van der Waals surface area contributed by atoms with Crippen molar-refractivity contribution >= 4 is 10.8 Å². The number of benzene rings is 1. The van der Waals surface area contributed by atoms with Gasteiger partial charge in [0.2, 0.25) is 0 Å². The van der Waals surface area contributed by atoms with Gasteiger partial charge in [0.1, 0.15) is 6.10 Å². The van der Waals surface area contributed by atoms with Crippen molar-refractivity contribution in [2.75, 3.05) is 0 Å². The first kappa shape index (κ1) is 12.8. The maximum absolute atomic E-state index is 10.6. The molecule has 1 unspecified atom stereocenters. The van der Waals surface area contributed by atoms with E-state index in [2.05, 4.69) is 23.9 Å². The zero-order valence-corrected chi connectivity index (χ0v) is 11.6. The van der Waals surface area contributed by atoms with Crippen LogP contribution in [0.25, 0.3) is 10.8 Å². The summed E-state index contributed by atoms with van der Waals surface area (Å²) in [5.41, 5.74) is 1.69. The van der Waals surface area contributed by atoms with Gasteiger partial charge in [-0.2, -0.15) is 5.10 Å². The summed E-state index contributed by atoms with van der Waals surface area (Å²) in [6.07, 6.45) is 6.51. The third-order valence-corrected chi connectivity index (χ3v) is 3.48. The van der Waals surface area contributed by atoms with Crippen molar-refractivity contribution in [1.82, 2.24) is 14.8 Å². The Morgan fingerprint density at radius 3 is 2.75 bits per heavy atom. The van der Waals surface area contributed by atoms with Gasteiger partial charge in [0.15, 0.2) is 0 Å². The summed E-state index contributed by atoms with van der Waals surface area (Å²) in [5.74, 6) is 0. The summed E-state index contributed by atoms with van der Waals surface area (Å²) in [5, 5.41) is 16.9. The number of hydrogen-bond donors (Lipinski definition) is 1. The minimum atomic E-state index is -0.673. The fraction of sp³-hybridized carbons (Fsp3) is 0.250. The zero-order valence-electron chi connectivity index (χ0n) is 11.6. The summed E-state index contributed by atoms with van der Waals surface area (Å²) in [7, 11) is 0. The Morgan fingerprint density at radius 2 is 2.00 bits per heavy atom. The number of nitrogens with zero attached hydrogens (tertiary/aromatic N) is 3. The van der Waals surface area contributed by atoms with Crippen molar-refractivity contribution in [1.29, 1.82) is 0 Å². The third-order valence-electron chi connectivity index (χ3n) is 3.48. The second-order valence-corrected chi connectivity index (χ2v) is 5.19. The lowest BCUT2D eigenvalue weighted by Crippen LogP contribution is -2.02. The first-order valence-corrected chi connectivity index (χ1v) is 6.71. The molecule has 0 saturated carbocycles. The maximum atomic E-state index is 10.6. The van der Waals surface area contributed by atoms with Gasteiger partial charge >= 0.3 is 0 Å². The molecule has 1 atom stereocenters. The molecular weight excluding hydrogens is 250 g/mol. The van der Waals surface area contributed by atoms with Crippen molar-refractivity contribution in [3.63, 3.8) is 0 Å². The second kappa shape index (κ2) is 5.06. The van der Waals surface area contributed by atoms with Crippen LogP contribution in [-0.2, 0) is 0 Å². The van der Waals surface area contributed by atoms with E-state index in [-0.39, 0.29) is 6.04 Å². The van der Waals surface area contributed by atoms with Crippen LogP contribution in [0.2, 0.25) is 0 Å². The molecule has 4 nitrogen and oxygen atoms in total. The predicted molar refractivity (Wildman–Crippen MR) is 78.4 cm³/mol. The topological polar surface area (TPSA) is 50.9 Å². The van der Waals surface area contributed by atoms with E-state index < -0.39 is 6.10 Å². The normalized spacial score (nSPS) is 13.0. The van der Waals surface area contributed by atoms with Gasteiger partial charge in [-0.1, -0.05) is 18.2 Å². The Bertz CT molecular complexity index is 728. The van der Waals surface area contributed by atoms with Crippen molar-refractivity contribution in [2.45, 2.75) is 26.0 Å². The van der Waals surface area contributed by atoms with Crippen molar-refractivity contribution in [3.8, 4) is 0 Å². The molecule has 0 bridgehead atoms. The zero-order chi connectivity index (χ0) is 14.1. The SMILES string of the molecule is CC(C)n1cc(C(O)c2cccc3cnccc23)cn1. The lowest BCUT2D eigenvalue weighted by Gasteiger charge is -2.12. The van der Waals surface area contributed by atoms with Crippen LogP contribution in [0.5, 0.6) is 0 Å². The molecule has 0 aliphatic rings. The average molecular weight is 267 g/mol. The van der Waals surface area contributed by atoms with Crippen molar-refractivity contribution < 1.29 is 5.11 Å². The van der Waals surface area contributed by atoms with E-state index in [0.717, 1.165) is 21.9 Å². The second-order valence-electron chi connectivity index (χ2n) is 5.19. The number of aliphatic hydroxyl groups is 1. The molecule has 2 heterocycles. The van der Waals surface area contributed by atoms with Gasteiger partial charge in [0.05, 0.1) is 6.20 Å². The lowest BCUT2D eigenvalue weighted by molar-refractivity contribution is 0.221. The van der Waals surface area contributed by atoms with Crippen LogP contribution >= 0.6 is 0 Å². The van der Waals surface area contributed by atoms with Crippen LogP contribution in [0.15, 0.2) is 49.1 Å². The Hall–Kier alpha value is -2.20. The smallest absolute Gasteiger partial charge is 0.108 e. The van der Waals surface area contributed by atoms with Crippen LogP contribution < -0.4 is 0 Å². The summed E-state index contributed by atoms with van der Waals surface area (Å²) < 4.78 is 1.85. The van der Waals surface area contributed by atoms with E-state index in [1.165, 1.54) is 0 Å². The Morgan fingerprint density at radius 1 is 1.15 bits per heavy atom. The molecule has 0 aliphatic heterocycles. The number of aromatic nitrogens is 3. The van der Waals surface area contributed by atoms with Crippen LogP contribution in [0.4, 0.5) is 0 Å². The minimum Gasteiger partial charge on any atom is -0.384 e. The van der Waals surface area contributed by atoms with Gasteiger partial charge in [0, 0.05) is 35.6 Å². The highest BCUT2D eigenvalue weighted by Crippen LogP contribution is 2.28. The molecule has 20 heavy (non-hydrogen) atoms. The van der Waals surface area contributed by atoms with Crippen LogP contribution in [-0.4, -0.2) is 19.9 Å². The number of pyridine rings is 1. The molecule has 3 aromatic rings. The van der Waals surface area contributed by atoms with E-state index in [1.807, 2.05) is 41.3 Å². The first-order chi connectivity index (χ1) is 9.66. The van der Waals surface area contributed by atoms with Gasteiger partial charge in [-0.15, -0.1) is 0 Å². The van der Waals surface area contributed by atoms with Crippen molar-refractivity contribution in [3.05, 3.63) is 60.2 Å². The highest BCUT2D eigenvalue weighted by atomic mass is 16.3. The molecule has 2 aromatic heterocycles. The molecule has 0 fully saturated rings. The molecule has 0 spiro atoms. The third kappa shape index (κ3) is 2.18.